The van der Waals surface area contributed by atoms with E-state index < -0.39 is 0 Å². The SMILES string of the molecule is Cc1ccc2c(n1)Cc1nc(-c3ccccc3C)[n+](C)cc1-2. The summed E-state index contributed by atoms with van der Waals surface area (Å²) in [5.41, 5.74) is 8.20. The van der Waals surface area contributed by atoms with Gasteiger partial charge in [-0.05, 0) is 36.5 Å². The summed E-state index contributed by atoms with van der Waals surface area (Å²) in [7, 11) is 2.06. The fourth-order valence-electron chi connectivity index (χ4n) is 3.18. The zero-order valence-corrected chi connectivity index (χ0v) is 13.1. The molecule has 1 aliphatic carbocycles. The molecule has 0 atom stereocenters. The zero-order valence-electron chi connectivity index (χ0n) is 13.1. The second-order valence-corrected chi connectivity index (χ2v) is 5.97. The Morgan fingerprint density at radius 2 is 1.64 bits per heavy atom. The van der Waals surface area contributed by atoms with Crippen molar-refractivity contribution in [1.29, 1.82) is 0 Å². The molecule has 2 aromatic heterocycles. The monoisotopic (exact) mass is 288 g/mol. The van der Waals surface area contributed by atoms with Gasteiger partial charge < -0.3 is 0 Å². The van der Waals surface area contributed by atoms with Crippen LogP contribution in [0.2, 0.25) is 0 Å². The maximum Gasteiger partial charge on any atom is 0.330 e. The number of rotatable bonds is 1. The van der Waals surface area contributed by atoms with Crippen molar-refractivity contribution < 1.29 is 4.57 Å². The summed E-state index contributed by atoms with van der Waals surface area (Å²) in [5.74, 6) is 1.02. The lowest BCUT2D eigenvalue weighted by Crippen LogP contribution is -2.32. The van der Waals surface area contributed by atoms with Gasteiger partial charge in [0, 0.05) is 11.3 Å². The zero-order chi connectivity index (χ0) is 15.3. The van der Waals surface area contributed by atoms with Gasteiger partial charge in [0.1, 0.15) is 6.20 Å². The number of hydrogen-bond acceptors (Lipinski definition) is 2. The Balaban J connectivity index is 1.90. The minimum absolute atomic E-state index is 0.825. The Labute approximate surface area is 130 Å². The lowest BCUT2D eigenvalue weighted by atomic mass is 10.1. The number of hydrogen-bond donors (Lipinski definition) is 0. The van der Waals surface area contributed by atoms with Crippen LogP contribution in [0.3, 0.4) is 0 Å². The summed E-state index contributed by atoms with van der Waals surface area (Å²) < 4.78 is 2.12. The number of pyridine rings is 1. The topological polar surface area (TPSA) is 29.7 Å². The molecule has 1 aliphatic rings. The molecule has 0 spiro atoms. The van der Waals surface area contributed by atoms with E-state index in [1.807, 2.05) is 6.92 Å². The minimum Gasteiger partial charge on any atom is -0.257 e. The molecular formula is C19H18N3+. The third-order valence-corrected chi connectivity index (χ3v) is 4.33. The van der Waals surface area contributed by atoms with Crippen molar-refractivity contribution in [3.05, 3.63) is 65.2 Å². The molecule has 2 heterocycles. The molecule has 22 heavy (non-hydrogen) atoms. The minimum atomic E-state index is 0.825. The molecule has 0 bridgehead atoms. The number of fused-ring (bicyclic) bond motifs is 3. The Bertz CT molecular complexity index is 897. The molecule has 3 aromatic rings. The molecule has 0 unspecified atom stereocenters. The number of nitrogens with zero attached hydrogens (tertiary/aromatic N) is 3. The summed E-state index contributed by atoms with van der Waals surface area (Å²) in [5, 5.41) is 0. The summed E-state index contributed by atoms with van der Waals surface area (Å²) in [6, 6.07) is 12.6. The Kier molecular flexibility index (Phi) is 2.83. The molecule has 1 aromatic carbocycles. The lowest BCUT2D eigenvalue weighted by Gasteiger charge is -2.04. The third kappa shape index (κ3) is 1.93. The maximum atomic E-state index is 4.95. The first-order chi connectivity index (χ1) is 10.6. The molecule has 0 aliphatic heterocycles. The van der Waals surface area contributed by atoms with E-state index in [2.05, 4.69) is 66.1 Å². The summed E-state index contributed by atoms with van der Waals surface area (Å²) in [6.45, 7) is 4.17. The third-order valence-electron chi connectivity index (χ3n) is 4.33. The second-order valence-electron chi connectivity index (χ2n) is 5.97. The average molecular weight is 288 g/mol. The smallest absolute Gasteiger partial charge is 0.257 e. The summed E-state index contributed by atoms with van der Waals surface area (Å²) >= 11 is 0. The van der Waals surface area contributed by atoms with Crippen LogP contribution in [0.1, 0.15) is 22.6 Å². The largest absolute Gasteiger partial charge is 0.330 e. The van der Waals surface area contributed by atoms with Crippen molar-refractivity contribution in [1.82, 2.24) is 9.97 Å². The van der Waals surface area contributed by atoms with E-state index >= 15 is 0 Å². The van der Waals surface area contributed by atoms with Crippen LogP contribution < -0.4 is 4.57 Å². The highest BCUT2D eigenvalue weighted by Gasteiger charge is 2.29. The van der Waals surface area contributed by atoms with E-state index in [0.29, 0.717) is 0 Å². The van der Waals surface area contributed by atoms with Gasteiger partial charge in [-0.2, -0.15) is 0 Å². The van der Waals surface area contributed by atoms with Crippen LogP contribution >= 0.6 is 0 Å². The molecule has 0 N–H and O–H groups in total. The van der Waals surface area contributed by atoms with E-state index in [1.54, 1.807) is 0 Å². The molecule has 0 radical (unpaired) electrons. The molecule has 0 saturated heterocycles. The fourth-order valence-corrected chi connectivity index (χ4v) is 3.18. The van der Waals surface area contributed by atoms with Gasteiger partial charge in [-0.3, -0.25) is 4.98 Å². The molecule has 0 saturated carbocycles. The van der Waals surface area contributed by atoms with Gasteiger partial charge in [0.25, 0.3) is 0 Å². The predicted octanol–water partition coefficient (Wildman–Crippen LogP) is 3.16. The Morgan fingerprint density at radius 1 is 0.864 bits per heavy atom. The van der Waals surface area contributed by atoms with Gasteiger partial charge in [-0.25, -0.2) is 4.57 Å². The van der Waals surface area contributed by atoms with Crippen molar-refractivity contribution in [2.75, 3.05) is 0 Å². The first-order valence-electron chi connectivity index (χ1n) is 7.56. The quantitative estimate of drug-likeness (QED) is 0.504. The maximum absolute atomic E-state index is 4.95. The Hall–Kier alpha value is -2.55. The number of aryl methyl sites for hydroxylation is 3. The molecule has 3 nitrogen and oxygen atoms in total. The molecule has 3 heteroatoms. The number of aromatic nitrogens is 3. The van der Waals surface area contributed by atoms with Crippen LogP contribution in [0.4, 0.5) is 0 Å². The van der Waals surface area contributed by atoms with Crippen LogP contribution in [0.5, 0.6) is 0 Å². The fraction of sp³-hybridized carbons (Fsp3) is 0.211. The van der Waals surface area contributed by atoms with Crippen LogP contribution in [-0.4, -0.2) is 9.97 Å². The molecule has 0 fully saturated rings. The normalized spacial score (nSPS) is 12.1. The molecule has 4 rings (SSSR count). The highest BCUT2D eigenvalue weighted by Crippen LogP contribution is 2.34. The van der Waals surface area contributed by atoms with Gasteiger partial charge in [-0.15, -0.1) is 0 Å². The van der Waals surface area contributed by atoms with Crippen LogP contribution in [0.25, 0.3) is 22.5 Å². The summed E-state index contributed by atoms with van der Waals surface area (Å²) in [6.07, 6.45) is 3.01. The lowest BCUT2D eigenvalue weighted by molar-refractivity contribution is -0.662. The summed E-state index contributed by atoms with van der Waals surface area (Å²) in [4.78, 5) is 9.62. The highest BCUT2D eigenvalue weighted by atomic mass is 15.0. The van der Waals surface area contributed by atoms with E-state index in [9.17, 15) is 0 Å². The highest BCUT2D eigenvalue weighted by molar-refractivity contribution is 5.73. The van der Waals surface area contributed by atoms with E-state index in [0.717, 1.165) is 29.3 Å². The average Bonchev–Trinajstić information content (AvgIpc) is 2.83. The first kappa shape index (κ1) is 13.1. The van der Waals surface area contributed by atoms with Crippen LogP contribution in [-0.2, 0) is 13.5 Å². The van der Waals surface area contributed by atoms with Gasteiger partial charge in [0.05, 0.1) is 30.3 Å². The first-order valence-corrected chi connectivity index (χ1v) is 7.56. The van der Waals surface area contributed by atoms with E-state index in [-0.39, 0.29) is 0 Å². The number of benzene rings is 1. The molecular weight excluding hydrogens is 270 g/mol. The van der Waals surface area contributed by atoms with E-state index in [4.69, 9.17) is 4.98 Å². The van der Waals surface area contributed by atoms with Crippen molar-refractivity contribution in [2.24, 2.45) is 7.05 Å². The van der Waals surface area contributed by atoms with E-state index in [1.165, 1.54) is 22.3 Å². The van der Waals surface area contributed by atoms with Gasteiger partial charge >= 0.3 is 5.82 Å². The van der Waals surface area contributed by atoms with Gasteiger partial charge in [0.2, 0.25) is 0 Å². The van der Waals surface area contributed by atoms with Gasteiger partial charge in [-0.1, -0.05) is 24.3 Å². The van der Waals surface area contributed by atoms with Crippen molar-refractivity contribution in [3.8, 4) is 22.5 Å². The Morgan fingerprint density at radius 3 is 2.45 bits per heavy atom. The second kappa shape index (κ2) is 4.73. The standard InChI is InChI=1S/C19H18N3/c1-12-6-4-5-7-14(12)19-21-18-10-17-15(9-8-13(2)20-17)16(18)11-22(19)3/h4-9,11H,10H2,1-3H3/q+1. The van der Waals surface area contributed by atoms with Crippen molar-refractivity contribution in [2.45, 2.75) is 20.3 Å². The van der Waals surface area contributed by atoms with Gasteiger partial charge in [0.15, 0.2) is 5.69 Å². The molecule has 108 valence electrons. The van der Waals surface area contributed by atoms with Crippen molar-refractivity contribution >= 4 is 0 Å². The predicted molar refractivity (Wildman–Crippen MR) is 86.4 cm³/mol. The van der Waals surface area contributed by atoms with Crippen LogP contribution in [0, 0.1) is 13.8 Å². The van der Waals surface area contributed by atoms with Crippen molar-refractivity contribution in [3.63, 3.8) is 0 Å². The van der Waals surface area contributed by atoms with Crippen LogP contribution in [0.15, 0.2) is 42.6 Å². The molecule has 0 amide bonds.